The van der Waals surface area contributed by atoms with E-state index in [0.717, 1.165) is 22.7 Å². The Hall–Kier alpha value is -3.13. The van der Waals surface area contributed by atoms with Crippen LogP contribution in [0.25, 0.3) is 16.9 Å². The van der Waals surface area contributed by atoms with Crippen molar-refractivity contribution in [2.45, 2.75) is 19.8 Å². The molecular formula is C20H20ClN3O5. The van der Waals surface area contributed by atoms with Gasteiger partial charge in [-0.15, -0.1) is 0 Å². The third-order valence-electron chi connectivity index (χ3n) is 4.75. The summed E-state index contributed by atoms with van der Waals surface area (Å²) in [5.41, 5.74) is 3.02. The van der Waals surface area contributed by atoms with Crippen molar-refractivity contribution in [1.29, 1.82) is 0 Å². The molecule has 0 unspecified atom stereocenters. The van der Waals surface area contributed by atoms with Gasteiger partial charge >= 0.3 is 5.97 Å². The number of fused-ring (bicyclic) bond motifs is 2. The van der Waals surface area contributed by atoms with Crippen LogP contribution >= 0.6 is 11.6 Å². The third-order valence-corrected chi connectivity index (χ3v) is 5.15. The Labute approximate surface area is 172 Å². The maximum atomic E-state index is 10.8. The number of hydrogen-bond acceptors (Lipinski definition) is 6. The van der Waals surface area contributed by atoms with Gasteiger partial charge in [0.1, 0.15) is 17.2 Å². The minimum atomic E-state index is -0.829. The van der Waals surface area contributed by atoms with Crippen molar-refractivity contribution < 1.29 is 24.1 Å². The number of hydrogen-bond donors (Lipinski definition) is 2. The van der Waals surface area contributed by atoms with Gasteiger partial charge in [0, 0.05) is 24.2 Å². The van der Waals surface area contributed by atoms with Crippen molar-refractivity contribution in [2.24, 2.45) is 0 Å². The molecule has 0 aliphatic carbocycles. The van der Waals surface area contributed by atoms with Gasteiger partial charge in [-0.2, -0.15) is 0 Å². The Bertz CT molecular complexity index is 1100. The normalized spacial score (nSPS) is 12.4. The number of halogens is 1. The summed E-state index contributed by atoms with van der Waals surface area (Å²) in [4.78, 5) is 15.6. The second-order valence-electron chi connectivity index (χ2n) is 6.61. The van der Waals surface area contributed by atoms with Crippen molar-refractivity contribution in [3.05, 3.63) is 35.0 Å². The zero-order valence-corrected chi connectivity index (χ0v) is 16.7. The van der Waals surface area contributed by atoms with E-state index in [1.165, 1.54) is 0 Å². The van der Waals surface area contributed by atoms with E-state index in [2.05, 4.69) is 5.32 Å². The largest absolute Gasteiger partial charge is 0.493 e. The molecular weight excluding hydrogens is 398 g/mol. The van der Waals surface area contributed by atoms with E-state index in [1.54, 1.807) is 13.2 Å². The summed E-state index contributed by atoms with van der Waals surface area (Å²) in [5.74, 6) is 1.60. The number of aromatic nitrogens is 2. The third kappa shape index (κ3) is 3.51. The summed E-state index contributed by atoms with van der Waals surface area (Å²) in [6.07, 6.45) is 0.558. The summed E-state index contributed by atoms with van der Waals surface area (Å²) >= 11 is 6.33. The number of pyridine rings is 1. The molecule has 2 aromatic heterocycles. The van der Waals surface area contributed by atoms with Crippen molar-refractivity contribution in [3.63, 3.8) is 0 Å². The molecule has 1 aromatic carbocycles. The van der Waals surface area contributed by atoms with E-state index in [9.17, 15) is 4.79 Å². The van der Waals surface area contributed by atoms with E-state index >= 15 is 0 Å². The standard InChI is InChI=1S/C20H20ClN3O5/c1-11-13(21)5-6-16-23-18(20(24(11)16)22-7-3-4-17(25)26)12-8-14(27-2)19-15(9-12)28-10-29-19/h5-6,8-9,22H,3-4,7,10H2,1-2H3,(H,25,26). The lowest BCUT2D eigenvalue weighted by molar-refractivity contribution is -0.137. The van der Waals surface area contributed by atoms with Crippen LogP contribution in [-0.2, 0) is 4.79 Å². The molecule has 2 N–H and O–H groups in total. The Morgan fingerprint density at radius 1 is 1.38 bits per heavy atom. The molecule has 0 bridgehead atoms. The molecule has 1 aliphatic heterocycles. The molecule has 3 heterocycles. The molecule has 29 heavy (non-hydrogen) atoms. The molecule has 1 aliphatic rings. The van der Waals surface area contributed by atoms with E-state index in [4.69, 9.17) is 35.9 Å². The Morgan fingerprint density at radius 3 is 2.97 bits per heavy atom. The Balaban J connectivity index is 1.82. The highest BCUT2D eigenvalue weighted by molar-refractivity contribution is 6.31. The van der Waals surface area contributed by atoms with Crippen LogP contribution in [0.5, 0.6) is 17.2 Å². The second-order valence-corrected chi connectivity index (χ2v) is 7.01. The van der Waals surface area contributed by atoms with E-state index in [0.29, 0.717) is 40.9 Å². The number of nitrogens with one attached hydrogen (secondary N) is 1. The van der Waals surface area contributed by atoms with Gasteiger partial charge in [-0.05, 0) is 37.6 Å². The molecule has 0 radical (unpaired) electrons. The van der Waals surface area contributed by atoms with Crippen molar-refractivity contribution in [1.82, 2.24) is 9.38 Å². The number of benzene rings is 1. The van der Waals surface area contributed by atoms with Crippen LogP contribution in [0.3, 0.4) is 0 Å². The minimum Gasteiger partial charge on any atom is -0.493 e. The summed E-state index contributed by atoms with van der Waals surface area (Å²) in [6, 6.07) is 7.34. The topological polar surface area (TPSA) is 94.3 Å². The summed E-state index contributed by atoms with van der Waals surface area (Å²) in [5, 5.41) is 12.8. The van der Waals surface area contributed by atoms with Crippen LogP contribution in [0, 0.1) is 6.92 Å². The Kier molecular flexibility index (Phi) is 5.10. The Morgan fingerprint density at radius 2 is 2.21 bits per heavy atom. The molecule has 0 spiro atoms. The van der Waals surface area contributed by atoms with Crippen LogP contribution in [0.1, 0.15) is 18.5 Å². The first kappa shape index (κ1) is 19.2. The molecule has 0 fully saturated rings. The summed E-state index contributed by atoms with van der Waals surface area (Å²) in [6.45, 7) is 2.51. The zero-order valence-electron chi connectivity index (χ0n) is 16.0. The van der Waals surface area contributed by atoms with E-state index in [1.807, 2.05) is 29.5 Å². The number of carbonyl (C=O) groups is 1. The fraction of sp³-hybridized carbons (Fsp3) is 0.300. The van der Waals surface area contributed by atoms with Gasteiger partial charge in [-0.1, -0.05) is 11.6 Å². The van der Waals surface area contributed by atoms with Gasteiger partial charge in [-0.3, -0.25) is 9.20 Å². The highest BCUT2D eigenvalue weighted by atomic mass is 35.5. The molecule has 4 rings (SSSR count). The quantitative estimate of drug-likeness (QED) is 0.561. The number of rotatable bonds is 7. The van der Waals surface area contributed by atoms with Gasteiger partial charge in [0.15, 0.2) is 11.5 Å². The average Bonchev–Trinajstić information content (AvgIpc) is 3.32. The maximum Gasteiger partial charge on any atom is 0.303 e. The predicted octanol–water partition coefficient (Wildman–Crippen LogP) is 3.98. The number of carboxylic acids is 1. The average molecular weight is 418 g/mol. The van der Waals surface area contributed by atoms with Crippen molar-refractivity contribution in [3.8, 4) is 28.5 Å². The highest BCUT2D eigenvalue weighted by Crippen LogP contribution is 2.45. The predicted molar refractivity (Wildman–Crippen MR) is 108 cm³/mol. The lowest BCUT2D eigenvalue weighted by atomic mass is 10.1. The SMILES string of the molecule is COc1cc(-c2nc3ccc(Cl)c(C)n3c2NCCCC(=O)O)cc2c1OCO2. The molecule has 0 amide bonds. The van der Waals surface area contributed by atoms with Gasteiger partial charge < -0.3 is 24.6 Å². The number of aliphatic carboxylic acids is 1. The van der Waals surface area contributed by atoms with Crippen molar-refractivity contribution >= 4 is 29.0 Å². The van der Waals surface area contributed by atoms with Crippen LogP contribution in [-0.4, -0.2) is 40.9 Å². The van der Waals surface area contributed by atoms with E-state index < -0.39 is 5.97 Å². The number of ether oxygens (including phenoxy) is 3. The second kappa shape index (κ2) is 7.71. The lowest BCUT2D eigenvalue weighted by Gasteiger charge is -2.12. The van der Waals surface area contributed by atoms with Crippen LogP contribution < -0.4 is 19.5 Å². The molecule has 0 atom stereocenters. The molecule has 0 saturated heterocycles. The first-order valence-electron chi connectivity index (χ1n) is 9.11. The number of imidazole rings is 1. The maximum absolute atomic E-state index is 10.8. The number of aryl methyl sites for hydroxylation is 1. The first-order valence-corrected chi connectivity index (χ1v) is 9.48. The lowest BCUT2D eigenvalue weighted by Crippen LogP contribution is -2.08. The molecule has 9 heteroatoms. The monoisotopic (exact) mass is 417 g/mol. The van der Waals surface area contributed by atoms with Gasteiger partial charge in [0.2, 0.25) is 12.5 Å². The fourth-order valence-corrected chi connectivity index (χ4v) is 3.49. The fourth-order valence-electron chi connectivity index (χ4n) is 3.34. The number of carboxylic acid groups (broad SMARTS) is 1. The summed E-state index contributed by atoms with van der Waals surface area (Å²) < 4.78 is 18.4. The van der Waals surface area contributed by atoms with Crippen molar-refractivity contribution in [2.75, 3.05) is 25.8 Å². The van der Waals surface area contributed by atoms with Crippen LogP contribution in [0.15, 0.2) is 24.3 Å². The number of anilines is 1. The minimum absolute atomic E-state index is 0.0800. The van der Waals surface area contributed by atoms with Gasteiger partial charge in [0.05, 0.1) is 12.1 Å². The molecule has 8 nitrogen and oxygen atoms in total. The van der Waals surface area contributed by atoms with Gasteiger partial charge in [0.25, 0.3) is 0 Å². The van der Waals surface area contributed by atoms with E-state index in [-0.39, 0.29) is 13.2 Å². The number of nitrogens with zero attached hydrogens (tertiary/aromatic N) is 2. The first-order chi connectivity index (χ1) is 14.0. The van der Waals surface area contributed by atoms with Crippen LogP contribution in [0.4, 0.5) is 5.82 Å². The molecule has 3 aromatic rings. The van der Waals surface area contributed by atoms with Crippen LogP contribution in [0.2, 0.25) is 5.02 Å². The zero-order chi connectivity index (χ0) is 20.5. The highest BCUT2D eigenvalue weighted by Gasteiger charge is 2.24. The summed E-state index contributed by atoms with van der Waals surface area (Å²) in [7, 11) is 1.57. The number of methoxy groups -OCH3 is 1. The smallest absolute Gasteiger partial charge is 0.303 e. The molecule has 0 saturated carbocycles. The molecule has 152 valence electrons. The van der Waals surface area contributed by atoms with Gasteiger partial charge in [-0.25, -0.2) is 4.98 Å².